The van der Waals surface area contributed by atoms with E-state index in [1.165, 1.54) is 25.3 Å². The van der Waals surface area contributed by atoms with Gasteiger partial charge >= 0.3 is 5.97 Å². The first kappa shape index (κ1) is 23.2. The molecule has 0 aliphatic carbocycles. The molecule has 4 aromatic rings. The Kier molecular flexibility index (Phi) is 6.59. The van der Waals surface area contributed by atoms with E-state index in [0.717, 1.165) is 5.56 Å². The highest BCUT2D eigenvalue weighted by atomic mass is 16.6. The summed E-state index contributed by atoms with van der Waals surface area (Å²) in [6.45, 7) is 0. The lowest BCUT2D eigenvalue weighted by atomic mass is 9.99. The van der Waals surface area contributed by atoms with Gasteiger partial charge in [-0.25, -0.2) is 9.79 Å². The summed E-state index contributed by atoms with van der Waals surface area (Å²) in [4.78, 5) is 29.9. The van der Waals surface area contributed by atoms with Crippen LogP contribution in [0.4, 0.5) is 11.4 Å². The first-order valence-electron chi connectivity index (χ1n) is 10.5. The number of rotatable bonds is 7. The van der Waals surface area contributed by atoms with Gasteiger partial charge in [-0.05, 0) is 42.0 Å². The number of nitrogens with zero attached hydrogens (tertiary/aromatic N) is 2. The molecular formula is C26H21N3O6. The van der Waals surface area contributed by atoms with Gasteiger partial charge in [0.1, 0.15) is 5.75 Å². The Morgan fingerprint density at radius 1 is 1.06 bits per heavy atom. The minimum absolute atomic E-state index is 0.107. The number of aromatic nitrogens is 1. The zero-order valence-electron chi connectivity index (χ0n) is 18.9. The first-order chi connectivity index (χ1) is 16.9. The molecule has 0 saturated carbocycles. The zero-order chi connectivity index (χ0) is 24.9. The number of hydrogen-bond donors (Lipinski definition) is 2. The van der Waals surface area contributed by atoms with E-state index in [-0.39, 0.29) is 11.6 Å². The molecule has 2 N–H and O–H groups in total. The Morgan fingerprint density at radius 3 is 2.40 bits per heavy atom. The average molecular weight is 471 g/mol. The fourth-order valence-corrected chi connectivity index (χ4v) is 3.55. The van der Waals surface area contributed by atoms with Crippen molar-refractivity contribution in [2.24, 2.45) is 4.99 Å². The van der Waals surface area contributed by atoms with Crippen molar-refractivity contribution in [2.45, 2.75) is 0 Å². The van der Waals surface area contributed by atoms with Gasteiger partial charge in [0.2, 0.25) is 0 Å². The molecule has 1 heterocycles. The number of aliphatic imine (C=N–C) groups is 1. The van der Waals surface area contributed by atoms with Crippen LogP contribution in [0.25, 0.3) is 17.0 Å². The summed E-state index contributed by atoms with van der Waals surface area (Å²) in [7, 11) is 2.87. The maximum atomic E-state index is 11.4. The molecule has 0 saturated heterocycles. The minimum Gasteiger partial charge on any atom is -0.497 e. The van der Waals surface area contributed by atoms with Crippen LogP contribution in [-0.4, -0.2) is 40.9 Å². The number of carbonyl (C=O) groups excluding carboxylic acids is 1. The van der Waals surface area contributed by atoms with Gasteiger partial charge in [0.05, 0.1) is 36.1 Å². The number of aromatic hydroxyl groups is 1. The van der Waals surface area contributed by atoms with Crippen LogP contribution in [0.5, 0.6) is 11.6 Å². The molecular weight excluding hydrogens is 450 g/mol. The normalized spacial score (nSPS) is 11.7. The molecule has 0 spiro atoms. The van der Waals surface area contributed by atoms with Crippen molar-refractivity contribution in [2.75, 3.05) is 14.2 Å². The van der Waals surface area contributed by atoms with Crippen molar-refractivity contribution in [3.63, 3.8) is 0 Å². The number of esters is 1. The van der Waals surface area contributed by atoms with E-state index in [1.807, 2.05) is 0 Å². The van der Waals surface area contributed by atoms with Crippen LogP contribution in [0.3, 0.4) is 0 Å². The summed E-state index contributed by atoms with van der Waals surface area (Å²) in [5, 5.41) is 22.6. The van der Waals surface area contributed by atoms with Gasteiger partial charge < -0.3 is 19.6 Å². The average Bonchev–Trinajstić information content (AvgIpc) is 3.21. The number of hydrogen-bond acceptors (Lipinski definition) is 7. The highest BCUT2D eigenvalue weighted by Crippen LogP contribution is 2.34. The summed E-state index contributed by atoms with van der Waals surface area (Å²) in [6.07, 6.45) is 2.93. The first-order valence-corrected chi connectivity index (χ1v) is 10.5. The van der Waals surface area contributed by atoms with Crippen molar-refractivity contribution in [1.82, 2.24) is 4.98 Å². The highest BCUT2D eigenvalue weighted by Gasteiger charge is 2.21. The van der Waals surface area contributed by atoms with Gasteiger partial charge in [0.15, 0.2) is 5.88 Å². The predicted octanol–water partition coefficient (Wildman–Crippen LogP) is 5.15. The monoisotopic (exact) mass is 471 g/mol. The highest BCUT2D eigenvalue weighted by molar-refractivity contribution is 6.22. The number of nitrogens with one attached hydrogen (secondary N) is 1. The SMILES string of the molecule is COC(=O)/C=C/c1ccc(C(=Nc2ccc(OC)cc2)c2c(O)[nH]c3ccc([N+](=O)[O-])cc23)cc1. The molecule has 0 atom stereocenters. The van der Waals surface area contributed by atoms with E-state index in [2.05, 4.69) is 9.72 Å². The van der Waals surface area contributed by atoms with Crippen molar-refractivity contribution < 1.29 is 24.3 Å². The number of non-ortho nitro benzene ring substituents is 1. The molecule has 0 fully saturated rings. The molecule has 3 aromatic carbocycles. The molecule has 9 nitrogen and oxygen atoms in total. The summed E-state index contributed by atoms with van der Waals surface area (Å²) >= 11 is 0. The lowest BCUT2D eigenvalue weighted by molar-refractivity contribution is -0.384. The van der Waals surface area contributed by atoms with E-state index in [1.54, 1.807) is 67.8 Å². The Labute approximate surface area is 200 Å². The zero-order valence-corrected chi connectivity index (χ0v) is 18.9. The predicted molar refractivity (Wildman–Crippen MR) is 132 cm³/mol. The minimum atomic E-state index is -0.490. The maximum Gasteiger partial charge on any atom is 0.330 e. The van der Waals surface area contributed by atoms with Crippen LogP contribution < -0.4 is 4.74 Å². The maximum absolute atomic E-state index is 11.4. The molecule has 4 rings (SSSR count). The molecule has 1 aromatic heterocycles. The van der Waals surface area contributed by atoms with Crippen LogP contribution in [-0.2, 0) is 9.53 Å². The van der Waals surface area contributed by atoms with E-state index in [4.69, 9.17) is 9.73 Å². The van der Waals surface area contributed by atoms with Gasteiger partial charge in [-0.15, -0.1) is 0 Å². The quantitative estimate of drug-likeness (QED) is 0.126. The largest absolute Gasteiger partial charge is 0.497 e. The second-order valence-electron chi connectivity index (χ2n) is 7.47. The van der Waals surface area contributed by atoms with Crippen LogP contribution in [0.2, 0.25) is 0 Å². The molecule has 9 heteroatoms. The Hall–Kier alpha value is -4.92. The molecule has 0 radical (unpaired) electrons. The van der Waals surface area contributed by atoms with E-state index in [0.29, 0.717) is 39.2 Å². The molecule has 0 aliphatic heterocycles. The Bertz CT molecular complexity index is 1450. The van der Waals surface area contributed by atoms with Crippen molar-refractivity contribution in [3.8, 4) is 11.6 Å². The molecule has 0 unspecified atom stereocenters. The number of nitro benzene ring substituents is 1. The summed E-state index contributed by atoms with van der Waals surface area (Å²) in [5.74, 6) is 0.0291. The fourth-order valence-electron chi connectivity index (χ4n) is 3.55. The van der Waals surface area contributed by atoms with Gasteiger partial charge in [-0.2, -0.15) is 0 Å². The third-order valence-electron chi connectivity index (χ3n) is 5.32. The van der Waals surface area contributed by atoms with Gasteiger partial charge in [0, 0.05) is 34.7 Å². The smallest absolute Gasteiger partial charge is 0.330 e. The topological polar surface area (TPSA) is 127 Å². The fraction of sp³-hybridized carbons (Fsp3) is 0.0769. The number of nitro groups is 1. The van der Waals surface area contributed by atoms with Crippen molar-refractivity contribution in [1.29, 1.82) is 0 Å². The number of fused-ring (bicyclic) bond motifs is 1. The lowest BCUT2D eigenvalue weighted by Gasteiger charge is -2.09. The van der Waals surface area contributed by atoms with E-state index < -0.39 is 10.9 Å². The number of H-pyrrole nitrogens is 1. The summed E-state index contributed by atoms with van der Waals surface area (Å²) in [5.41, 5.74) is 3.16. The van der Waals surface area contributed by atoms with Crippen LogP contribution >= 0.6 is 0 Å². The van der Waals surface area contributed by atoms with Crippen molar-refractivity contribution >= 4 is 40.0 Å². The van der Waals surface area contributed by atoms with Crippen LogP contribution in [0.1, 0.15) is 16.7 Å². The van der Waals surface area contributed by atoms with Crippen molar-refractivity contribution in [3.05, 3.63) is 99.6 Å². The molecule has 35 heavy (non-hydrogen) atoms. The third-order valence-corrected chi connectivity index (χ3v) is 5.32. The Balaban J connectivity index is 1.87. The number of methoxy groups -OCH3 is 2. The molecule has 176 valence electrons. The third kappa shape index (κ3) is 5.03. The number of carbonyl (C=O) groups is 1. The lowest BCUT2D eigenvalue weighted by Crippen LogP contribution is -2.03. The molecule has 0 aliphatic rings. The standard InChI is InChI=1S/C26H21N3O6/c1-34-20-11-8-18(9-12-20)27-25(17-6-3-16(4-7-17)5-14-23(30)35-2)24-21-15-19(29(32)33)10-13-22(21)28-26(24)31/h3-15,28,31H,1-2H3/b14-5+,27-25?. The van der Waals surface area contributed by atoms with Crippen LogP contribution in [0, 0.1) is 10.1 Å². The van der Waals surface area contributed by atoms with Crippen LogP contribution in [0.15, 0.2) is 77.8 Å². The van der Waals surface area contributed by atoms with Gasteiger partial charge in [0.25, 0.3) is 5.69 Å². The number of aromatic amines is 1. The summed E-state index contributed by atoms with van der Waals surface area (Å²) in [6, 6.07) is 18.5. The molecule has 0 amide bonds. The number of ether oxygens (including phenoxy) is 2. The summed E-state index contributed by atoms with van der Waals surface area (Å²) < 4.78 is 9.82. The number of benzene rings is 3. The van der Waals surface area contributed by atoms with Gasteiger partial charge in [-0.1, -0.05) is 24.3 Å². The second kappa shape index (κ2) is 9.92. The Morgan fingerprint density at radius 2 is 1.77 bits per heavy atom. The van der Waals surface area contributed by atoms with Gasteiger partial charge in [-0.3, -0.25) is 10.1 Å². The van der Waals surface area contributed by atoms with E-state index in [9.17, 15) is 20.0 Å². The second-order valence-corrected chi connectivity index (χ2v) is 7.47. The van der Waals surface area contributed by atoms with E-state index >= 15 is 0 Å². The molecule has 0 bridgehead atoms.